The first-order chi connectivity index (χ1) is 18.3. The second-order valence-corrected chi connectivity index (χ2v) is 10.4. The van der Waals surface area contributed by atoms with Gasteiger partial charge in [0, 0.05) is 31.3 Å². The average Bonchev–Trinajstić information content (AvgIpc) is 2.88. The average molecular weight is 526 g/mol. The Labute approximate surface area is 226 Å². The Kier molecular flexibility index (Phi) is 11.3. The minimum atomic E-state index is -0.887. The van der Waals surface area contributed by atoms with Gasteiger partial charge in [0.25, 0.3) is 0 Å². The minimum Gasteiger partial charge on any atom is -0.494 e. The van der Waals surface area contributed by atoms with Crippen LogP contribution in [-0.2, 0) is 9.53 Å². The van der Waals surface area contributed by atoms with E-state index in [-0.39, 0.29) is 25.0 Å². The number of rotatable bonds is 13. The third-order valence-electron chi connectivity index (χ3n) is 6.84. The molecule has 1 saturated carbocycles. The molecule has 8 heteroatoms. The SMILES string of the molecule is CCOc1ccc(NC(=O)Nc2cc(C(COC)CC(=O)O)ccc2N(CC(C)C)C2CCCCC2)cc1. The van der Waals surface area contributed by atoms with Crippen LogP contribution in [0.2, 0.25) is 0 Å². The van der Waals surface area contributed by atoms with Crippen molar-refractivity contribution in [3.8, 4) is 5.75 Å². The van der Waals surface area contributed by atoms with Crippen LogP contribution in [0.4, 0.5) is 21.9 Å². The second kappa shape index (κ2) is 14.6. The van der Waals surface area contributed by atoms with Crippen LogP contribution in [0.15, 0.2) is 42.5 Å². The summed E-state index contributed by atoms with van der Waals surface area (Å²) in [5, 5.41) is 15.4. The highest BCUT2D eigenvalue weighted by atomic mass is 16.5. The summed E-state index contributed by atoms with van der Waals surface area (Å²) in [5.41, 5.74) is 3.10. The molecule has 3 rings (SSSR count). The molecule has 38 heavy (non-hydrogen) atoms. The van der Waals surface area contributed by atoms with Crippen molar-refractivity contribution in [3.63, 3.8) is 0 Å². The van der Waals surface area contributed by atoms with Crippen LogP contribution in [0.1, 0.15) is 70.8 Å². The maximum absolute atomic E-state index is 13.2. The topological polar surface area (TPSA) is 100 Å². The van der Waals surface area contributed by atoms with Crippen LogP contribution in [0.25, 0.3) is 0 Å². The maximum atomic E-state index is 13.2. The zero-order valence-corrected chi connectivity index (χ0v) is 23.2. The summed E-state index contributed by atoms with van der Waals surface area (Å²) in [4.78, 5) is 27.1. The van der Waals surface area contributed by atoms with Crippen molar-refractivity contribution >= 4 is 29.1 Å². The Morgan fingerprint density at radius 3 is 2.37 bits per heavy atom. The summed E-state index contributed by atoms with van der Waals surface area (Å²) in [6, 6.07) is 13.2. The summed E-state index contributed by atoms with van der Waals surface area (Å²) in [6.07, 6.45) is 5.85. The first-order valence-corrected chi connectivity index (χ1v) is 13.7. The fourth-order valence-corrected chi connectivity index (χ4v) is 5.16. The van der Waals surface area contributed by atoms with Crippen LogP contribution in [0, 0.1) is 5.92 Å². The maximum Gasteiger partial charge on any atom is 0.323 e. The van der Waals surface area contributed by atoms with E-state index in [1.807, 2.05) is 37.3 Å². The fraction of sp³-hybridized carbons (Fsp3) is 0.533. The number of methoxy groups -OCH3 is 1. The Morgan fingerprint density at radius 1 is 1.05 bits per heavy atom. The molecule has 1 aliphatic carbocycles. The standard InChI is InChI=1S/C30H43N3O5/c1-5-38-26-14-12-24(13-15-26)31-30(36)32-27-17-22(23(20-37-4)18-29(34)35)11-16-28(27)33(19-21(2)3)25-9-7-6-8-10-25/h11-17,21,23,25H,5-10,18-20H2,1-4H3,(H,34,35)(H2,31,32,36). The van der Waals surface area contributed by atoms with Gasteiger partial charge in [0.15, 0.2) is 0 Å². The molecular weight excluding hydrogens is 482 g/mol. The van der Waals surface area contributed by atoms with Gasteiger partial charge in [-0.05, 0) is 67.6 Å². The number of carboxylic acids is 1. The van der Waals surface area contributed by atoms with E-state index in [4.69, 9.17) is 9.47 Å². The van der Waals surface area contributed by atoms with Gasteiger partial charge in [-0.25, -0.2) is 4.79 Å². The van der Waals surface area contributed by atoms with E-state index in [2.05, 4.69) is 29.4 Å². The molecular formula is C30H43N3O5. The van der Waals surface area contributed by atoms with E-state index in [0.717, 1.165) is 36.4 Å². The van der Waals surface area contributed by atoms with Gasteiger partial charge < -0.3 is 30.1 Å². The minimum absolute atomic E-state index is 0.0522. The van der Waals surface area contributed by atoms with Crippen molar-refractivity contribution in [2.45, 2.75) is 71.3 Å². The van der Waals surface area contributed by atoms with Crippen molar-refractivity contribution < 1.29 is 24.2 Å². The number of carbonyl (C=O) groups is 2. The van der Waals surface area contributed by atoms with Gasteiger partial charge in [0.05, 0.1) is 31.0 Å². The molecule has 208 valence electrons. The molecule has 2 amide bonds. The Bertz CT molecular complexity index is 1030. The lowest BCUT2D eigenvalue weighted by Crippen LogP contribution is -2.40. The van der Waals surface area contributed by atoms with E-state index in [1.165, 1.54) is 19.3 Å². The predicted molar refractivity (Wildman–Crippen MR) is 153 cm³/mol. The van der Waals surface area contributed by atoms with Gasteiger partial charge in [0.1, 0.15) is 5.75 Å². The molecule has 0 heterocycles. The monoisotopic (exact) mass is 525 g/mol. The quantitative estimate of drug-likeness (QED) is 0.268. The third kappa shape index (κ3) is 8.65. The van der Waals surface area contributed by atoms with Gasteiger partial charge in [-0.15, -0.1) is 0 Å². The number of benzene rings is 2. The lowest BCUT2D eigenvalue weighted by molar-refractivity contribution is -0.137. The van der Waals surface area contributed by atoms with Gasteiger partial charge in [-0.2, -0.15) is 0 Å². The molecule has 1 atom stereocenters. The Morgan fingerprint density at radius 2 is 1.76 bits per heavy atom. The number of carbonyl (C=O) groups excluding carboxylic acids is 1. The molecule has 0 spiro atoms. The largest absolute Gasteiger partial charge is 0.494 e. The first kappa shape index (κ1) is 29.3. The molecule has 8 nitrogen and oxygen atoms in total. The number of amides is 2. The fourth-order valence-electron chi connectivity index (χ4n) is 5.16. The highest BCUT2D eigenvalue weighted by Gasteiger charge is 2.26. The van der Waals surface area contributed by atoms with E-state index in [9.17, 15) is 14.7 Å². The van der Waals surface area contributed by atoms with Gasteiger partial charge in [-0.1, -0.05) is 39.2 Å². The zero-order chi connectivity index (χ0) is 27.5. The number of hydrogen-bond donors (Lipinski definition) is 3. The number of hydrogen-bond acceptors (Lipinski definition) is 5. The van der Waals surface area contributed by atoms with Gasteiger partial charge in [-0.3, -0.25) is 4.79 Å². The zero-order valence-electron chi connectivity index (χ0n) is 23.2. The third-order valence-corrected chi connectivity index (χ3v) is 6.84. The van der Waals surface area contributed by atoms with Gasteiger partial charge >= 0.3 is 12.0 Å². The first-order valence-electron chi connectivity index (χ1n) is 13.7. The molecule has 0 bridgehead atoms. The Balaban J connectivity index is 1.94. The number of carboxylic acid groups (broad SMARTS) is 1. The van der Waals surface area contributed by atoms with Crippen molar-refractivity contribution in [2.24, 2.45) is 5.92 Å². The summed E-state index contributed by atoms with van der Waals surface area (Å²) < 4.78 is 10.8. The number of aliphatic carboxylic acids is 1. The summed E-state index contributed by atoms with van der Waals surface area (Å²) >= 11 is 0. The van der Waals surface area contributed by atoms with Crippen molar-refractivity contribution in [3.05, 3.63) is 48.0 Å². The van der Waals surface area contributed by atoms with Crippen molar-refractivity contribution in [1.29, 1.82) is 0 Å². The number of urea groups is 1. The lowest BCUT2D eigenvalue weighted by atomic mass is 9.91. The molecule has 0 aromatic heterocycles. The number of nitrogens with one attached hydrogen (secondary N) is 2. The molecule has 0 saturated heterocycles. The molecule has 1 aliphatic rings. The van der Waals surface area contributed by atoms with E-state index < -0.39 is 5.97 Å². The van der Waals surface area contributed by atoms with Gasteiger partial charge in [0.2, 0.25) is 0 Å². The molecule has 2 aromatic carbocycles. The van der Waals surface area contributed by atoms with E-state index >= 15 is 0 Å². The number of ether oxygens (including phenoxy) is 2. The van der Waals surface area contributed by atoms with E-state index in [1.54, 1.807) is 19.2 Å². The molecule has 2 aromatic rings. The van der Waals surface area contributed by atoms with Crippen LogP contribution in [0.5, 0.6) is 5.75 Å². The highest BCUT2D eigenvalue weighted by Crippen LogP contribution is 2.36. The Hall–Kier alpha value is -3.26. The molecule has 1 fully saturated rings. The number of nitrogens with zero attached hydrogens (tertiary/aromatic N) is 1. The second-order valence-electron chi connectivity index (χ2n) is 10.4. The van der Waals surface area contributed by atoms with Crippen molar-refractivity contribution in [2.75, 3.05) is 42.4 Å². The van der Waals surface area contributed by atoms with Crippen LogP contribution < -0.4 is 20.3 Å². The smallest absolute Gasteiger partial charge is 0.323 e. The summed E-state index contributed by atoms with van der Waals surface area (Å²) in [6.45, 7) is 8.06. The summed E-state index contributed by atoms with van der Waals surface area (Å²) in [5.74, 6) is -0.0275. The van der Waals surface area contributed by atoms with Crippen LogP contribution in [-0.4, -0.2) is 50.0 Å². The molecule has 3 N–H and O–H groups in total. The predicted octanol–water partition coefficient (Wildman–Crippen LogP) is 6.73. The summed E-state index contributed by atoms with van der Waals surface area (Å²) in [7, 11) is 1.57. The van der Waals surface area contributed by atoms with Crippen LogP contribution in [0.3, 0.4) is 0 Å². The highest BCUT2D eigenvalue weighted by molar-refractivity contribution is 6.02. The van der Waals surface area contributed by atoms with Crippen molar-refractivity contribution in [1.82, 2.24) is 0 Å². The molecule has 1 unspecified atom stereocenters. The molecule has 0 aliphatic heterocycles. The normalized spacial score (nSPS) is 14.7. The van der Waals surface area contributed by atoms with E-state index in [0.29, 0.717) is 29.9 Å². The molecule has 0 radical (unpaired) electrons. The lowest BCUT2D eigenvalue weighted by Gasteiger charge is -2.38. The number of anilines is 3. The van der Waals surface area contributed by atoms with Crippen LogP contribution >= 0.6 is 0 Å².